The molecule has 0 unspecified atom stereocenters. The molecule has 4 rings (SSSR count). The minimum atomic E-state index is -0.118. The third-order valence-electron chi connectivity index (χ3n) is 6.83. The van der Waals surface area contributed by atoms with Gasteiger partial charge in [0.15, 0.2) is 5.76 Å². The van der Waals surface area contributed by atoms with Gasteiger partial charge < -0.3 is 14.2 Å². The average Bonchev–Trinajstić information content (AvgIpc) is 3.50. The van der Waals surface area contributed by atoms with Gasteiger partial charge in [-0.2, -0.15) is 5.10 Å². The van der Waals surface area contributed by atoms with E-state index in [2.05, 4.69) is 18.9 Å². The van der Waals surface area contributed by atoms with Crippen LogP contribution in [-0.2, 0) is 17.9 Å². The Balaban J connectivity index is 1.58. The molecule has 0 N–H and O–H groups in total. The van der Waals surface area contributed by atoms with E-state index in [0.29, 0.717) is 50.0 Å². The molecule has 1 aliphatic heterocycles. The van der Waals surface area contributed by atoms with Crippen molar-refractivity contribution in [2.75, 3.05) is 18.0 Å². The number of aryl methyl sites for hydroxylation is 1. The van der Waals surface area contributed by atoms with Crippen LogP contribution in [0.1, 0.15) is 86.2 Å². The van der Waals surface area contributed by atoms with Crippen LogP contribution in [0.4, 0.5) is 5.69 Å². The maximum absolute atomic E-state index is 13.7. The van der Waals surface area contributed by atoms with Crippen LogP contribution >= 0.6 is 0 Å². The third-order valence-corrected chi connectivity index (χ3v) is 6.83. The van der Waals surface area contributed by atoms with E-state index in [-0.39, 0.29) is 11.8 Å². The fourth-order valence-electron chi connectivity index (χ4n) is 4.93. The number of furan rings is 1. The van der Waals surface area contributed by atoms with Crippen LogP contribution < -0.4 is 4.90 Å². The Morgan fingerprint density at radius 2 is 1.70 bits per heavy atom. The van der Waals surface area contributed by atoms with Crippen LogP contribution in [0.25, 0.3) is 0 Å². The van der Waals surface area contributed by atoms with Crippen LogP contribution in [0.15, 0.2) is 53.2 Å². The van der Waals surface area contributed by atoms with Crippen LogP contribution in [0, 0.1) is 12.8 Å². The van der Waals surface area contributed by atoms with Gasteiger partial charge in [-0.15, -0.1) is 0 Å². The molecule has 0 atom stereocenters. The Labute approximate surface area is 220 Å². The highest BCUT2D eigenvalue weighted by molar-refractivity contribution is 5.95. The van der Waals surface area contributed by atoms with E-state index in [0.717, 1.165) is 55.3 Å². The lowest BCUT2D eigenvalue weighted by atomic mass is 10.1. The summed E-state index contributed by atoms with van der Waals surface area (Å²) in [4.78, 5) is 30.8. The first kappa shape index (κ1) is 26.7. The van der Waals surface area contributed by atoms with Crippen molar-refractivity contribution in [2.45, 2.75) is 78.8 Å². The predicted molar refractivity (Wildman–Crippen MR) is 145 cm³/mol. The molecule has 0 saturated carbocycles. The summed E-state index contributed by atoms with van der Waals surface area (Å²) in [6.45, 7) is 8.44. The summed E-state index contributed by atoms with van der Waals surface area (Å²) >= 11 is 0. The van der Waals surface area contributed by atoms with Crippen molar-refractivity contribution in [3.63, 3.8) is 0 Å². The SMILES string of the molecule is Cc1cnn(Cc2ccc(C(=O)N3CCCCCCCCN(C(=O)CC(C)C)c4ccccc4C3)o2)c1. The number of nitrogens with zero attached hydrogens (tertiary/aromatic N) is 4. The molecule has 0 saturated heterocycles. The number of aromatic nitrogens is 2. The molecule has 0 fully saturated rings. The molecule has 2 aromatic heterocycles. The molecule has 3 aromatic rings. The van der Waals surface area contributed by atoms with Gasteiger partial charge in [-0.05, 0) is 55.0 Å². The molecule has 3 heterocycles. The molecule has 2 amide bonds. The molecule has 7 nitrogen and oxygen atoms in total. The number of carbonyl (C=O) groups excluding carboxylic acids is 2. The second-order valence-electron chi connectivity index (χ2n) is 10.6. The Hall–Kier alpha value is -3.35. The number of amides is 2. The minimum absolute atomic E-state index is 0.118. The predicted octanol–water partition coefficient (Wildman–Crippen LogP) is 6.21. The molecule has 37 heavy (non-hydrogen) atoms. The first-order valence-corrected chi connectivity index (χ1v) is 13.7. The van der Waals surface area contributed by atoms with Crippen LogP contribution in [0.3, 0.4) is 0 Å². The summed E-state index contributed by atoms with van der Waals surface area (Å²) in [5, 5.41) is 4.31. The van der Waals surface area contributed by atoms with Crippen molar-refractivity contribution in [1.29, 1.82) is 0 Å². The Kier molecular flexibility index (Phi) is 9.20. The summed E-state index contributed by atoms with van der Waals surface area (Å²) in [5.41, 5.74) is 2.99. The van der Waals surface area contributed by atoms with E-state index in [1.165, 1.54) is 0 Å². The lowest BCUT2D eigenvalue weighted by Gasteiger charge is -2.28. The highest BCUT2D eigenvalue weighted by Gasteiger charge is 2.24. The second-order valence-corrected chi connectivity index (χ2v) is 10.6. The third kappa shape index (κ3) is 7.34. The fourth-order valence-corrected chi connectivity index (χ4v) is 4.93. The van der Waals surface area contributed by atoms with Crippen molar-refractivity contribution < 1.29 is 14.0 Å². The molecule has 7 heteroatoms. The summed E-state index contributed by atoms with van der Waals surface area (Å²) in [6, 6.07) is 11.6. The van der Waals surface area contributed by atoms with Gasteiger partial charge in [0.1, 0.15) is 5.76 Å². The molecule has 1 aromatic carbocycles. The van der Waals surface area contributed by atoms with Crippen molar-refractivity contribution in [2.24, 2.45) is 5.92 Å². The zero-order valence-electron chi connectivity index (χ0n) is 22.5. The molecule has 198 valence electrons. The highest BCUT2D eigenvalue weighted by atomic mass is 16.4. The van der Waals surface area contributed by atoms with Crippen molar-refractivity contribution in [3.8, 4) is 0 Å². The molecule has 0 bridgehead atoms. The first-order valence-electron chi connectivity index (χ1n) is 13.7. The topological polar surface area (TPSA) is 71.6 Å². The number of rotatable bonds is 5. The van der Waals surface area contributed by atoms with E-state index in [1.807, 2.05) is 53.3 Å². The standard InChI is InChI=1S/C30H40N4O3/c1-23(2)18-29(35)34-17-11-7-5-4-6-10-16-32(21-25-12-8-9-13-27(25)34)30(36)28-15-14-26(37-28)22-33-20-24(3)19-31-33/h8-9,12-15,19-20,23H,4-7,10-11,16-18,21-22H2,1-3H3. The largest absolute Gasteiger partial charge is 0.454 e. The second kappa shape index (κ2) is 12.7. The van der Waals surface area contributed by atoms with E-state index >= 15 is 0 Å². The molecule has 0 aliphatic carbocycles. The summed E-state index contributed by atoms with van der Waals surface area (Å²) in [5.74, 6) is 1.37. The minimum Gasteiger partial charge on any atom is -0.454 e. The van der Waals surface area contributed by atoms with E-state index < -0.39 is 0 Å². The smallest absolute Gasteiger partial charge is 0.289 e. The van der Waals surface area contributed by atoms with Crippen molar-refractivity contribution >= 4 is 17.5 Å². The quantitative estimate of drug-likeness (QED) is 0.414. The first-order chi connectivity index (χ1) is 17.9. The lowest BCUT2D eigenvalue weighted by Crippen LogP contribution is -2.35. The fraction of sp³-hybridized carbons (Fsp3) is 0.500. The zero-order valence-corrected chi connectivity index (χ0v) is 22.5. The van der Waals surface area contributed by atoms with E-state index in [1.54, 1.807) is 16.9 Å². The molecular formula is C30H40N4O3. The Bertz CT molecular complexity index is 1180. The molecular weight excluding hydrogens is 464 g/mol. The molecule has 1 aliphatic rings. The van der Waals surface area contributed by atoms with Crippen LogP contribution in [0.5, 0.6) is 0 Å². The monoisotopic (exact) mass is 504 g/mol. The number of benzene rings is 1. The number of hydrogen-bond donors (Lipinski definition) is 0. The highest BCUT2D eigenvalue weighted by Crippen LogP contribution is 2.26. The Morgan fingerprint density at radius 1 is 0.973 bits per heavy atom. The van der Waals surface area contributed by atoms with Crippen LogP contribution in [-0.4, -0.2) is 39.6 Å². The maximum atomic E-state index is 13.7. The van der Waals surface area contributed by atoms with Gasteiger partial charge >= 0.3 is 0 Å². The van der Waals surface area contributed by atoms with Gasteiger partial charge in [-0.25, -0.2) is 0 Å². The van der Waals surface area contributed by atoms with Crippen LogP contribution in [0.2, 0.25) is 0 Å². The molecule has 0 radical (unpaired) electrons. The zero-order chi connectivity index (χ0) is 26.2. The lowest BCUT2D eigenvalue weighted by molar-refractivity contribution is -0.119. The van der Waals surface area contributed by atoms with Gasteiger partial charge in [0, 0.05) is 37.9 Å². The van der Waals surface area contributed by atoms with Crippen molar-refractivity contribution in [3.05, 3.63) is 71.4 Å². The van der Waals surface area contributed by atoms with Gasteiger partial charge in [-0.1, -0.05) is 57.7 Å². The van der Waals surface area contributed by atoms with E-state index in [9.17, 15) is 9.59 Å². The number of carbonyl (C=O) groups is 2. The van der Waals surface area contributed by atoms with Gasteiger partial charge in [0.25, 0.3) is 5.91 Å². The molecule has 0 spiro atoms. The number of anilines is 1. The maximum Gasteiger partial charge on any atom is 0.289 e. The summed E-state index contributed by atoms with van der Waals surface area (Å²) in [6.07, 6.45) is 10.7. The number of hydrogen-bond acceptors (Lipinski definition) is 4. The van der Waals surface area contributed by atoms with Crippen molar-refractivity contribution in [1.82, 2.24) is 14.7 Å². The number of para-hydroxylation sites is 1. The summed E-state index contributed by atoms with van der Waals surface area (Å²) < 4.78 is 7.79. The Morgan fingerprint density at radius 3 is 2.43 bits per heavy atom. The summed E-state index contributed by atoms with van der Waals surface area (Å²) in [7, 11) is 0. The number of fused-ring (bicyclic) bond motifs is 1. The average molecular weight is 505 g/mol. The van der Waals surface area contributed by atoms with Gasteiger partial charge in [0.2, 0.25) is 5.91 Å². The van der Waals surface area contributed by atoms with Gasteiger partial charge in [0.05, 0.1) is 12.7 Å². The van der Waals surface area contributed by atoms with Gasteiger partial charge in [-0.3, -0.25) is 14.3 Å². The normalized spacial score (nSPS) is 15.6. The van der Waals surface area contributed by atoms with E-state index in [4.69, 9.17) is 4.42 Å².